The fourth-order valence-electron chi connectivity index (χ4n) is 3.36. The molecule has 158 valence electrons. The Balaban J connectivity index is 1.66. The van der Waals surface area contributed by atoms with Gasteiger partial charge in [-0.3, -0.25) is 14.9 Å². The quantitative estimate of drug-likeness (QED) is 0.702. The van der Waals surface area contributed by atoms with E-state index in [1.165, 1.54) is 0 Å². The van der Waals surface area contributed by atoms with Crippen LogP contribution in [0.5, 0.6) is 5.75 Å². The van der Waals surface area contributed by atoms with E-state index < -0.39 is 0 Å². The van der Waals surface area contributed by atoms with Gasteiger partial charge in [0.2, 0.25) is 0 Å². The van der Waals surface area contributed by atoms with Crippen LogP contribution in [0, 0.1) is 0 Å². The SMILES string of the molecule is CC(C)Oc1cccc(C(=O)NC(=S)Nc2ccccc2C(=O)N2CCCCC2)c1. The van der Waals surface area contributed by atoms with Crippen molar-refractivity contribution in [2.75, 3.05) is 18.4 Å². The average molecular weight is 426 g/mol. The van der Waals surface area contributed by atoms with Crippen LogP contribution >= 0.6 is 12.2 Å². The summed E-state index contributed by atoms with van der Waals surface area (Å²) < 4.78 is 5.63. The lowest BCUT2D eigenvalue weighted by Crippen LogP contribution is -2.37. The maximum atomic E-state index is 12.9. The lowest BCUT2D eigenvalue weighted by Gasteiger charge is -2.27. The van der Waals surface area contributed by atoms with Gasteiger partial charge in [-0.25, -0.2) is 0 Å². The number of thiocarbonyl (C=S) groups is 1. The highest BCUT2D eigenvalue weighted by molar-refractivity contribution is 7.80. The molecule has 1 fully saturated rings. The first-order chi connectivity index (χ1) is 14.4. The number of anilines is 1. The highest BCUT2D eigenvalue weighted by atomic mass is 32.1. The smallest absolute Gasteiger partial charge is 0.257 e. The molecule has 7 heteroatoms. The van der Waals surface area contributed by atoms with Crippen LogP contribution < -0.4 is 15.4 Å². The maximum Gasteiger partial charge on any atom is 0.257 e. The summed E-state index contributed by atoms with van der Waals surface area (Å²) in [5.74, 6) is 0.251. The Morgan fingerprint density at radius 1 is 1.03 bits per heavy atom. The summed E-state index contributed by atoms with van der Waals surface area (Å²) in [6.07, 6.45) is 3.22. The number of ether oxygens (including phenoxy) is 1. The maximum absolute atomic E-state index is 12.9. The van der Waals surface area contributed by atoms with Crippen LogP contribution in [0.1, 0.15) is 53.8 Å². The third-order valence-electron chi connectivity index (χ3n) is 4.74. The summed E-state index contributed by atoms with van der Waals surface area (Å²) in [6.45, 7) is 5.38. The molecule has 1 saturated heterocycles. The van der Waals surface area contributed by atoms with Crippen molar-refractivity contribution in [1.29, 1.82) is 0 Å². The molecule has 0 radical (unpaired) electrons. The molecule has 3 rings (SSSR count). The van der Waals surface area contributed by atoms with Gasteiger partial charge < -0.3 is 15.0 Å². The van der Waals surface area contributed by atoms with Crippen LogP contribution in [-0.2, 0) is 0 Å². The zero-order chi connectivity index (χ0) is 21.5. The van der Waals surface area contributed by atoms with E-state index in [2.05, 4.69) is 10.6 Å². The Morgan fingerprint density at radius 3 is 2.50 bits per heavy atom. The first-order valence-electron chi connectivity index (χ1n) is 10.2. The second-order valence-corrected chi connectivity index (χ2v) is 7.91. The van der Waals surface area contributed by atoms with Crippen molar-refractivity contribution in [2.45, 2.75) is 39.2 Å². The minimum absolute atomic E-state index is 0.0139. The Bertz CT molecular complexity index is 923. The van der Waals surface area contributed by atoms with Crippen molar-refractivity contribution in [3.05, 3.63) is 59.7 Å². The fraction of sp³-hybridized carbons (Fsp3) is 0.348. The number of nitrogens with zero attached hydrogens (tertiary/aromatic N) is 1. The summed E-state index contributed by atoms with van der Waals surface area (Å²) in [7, 11) is 0. The first-order valence-corrected chi connectivity index (χ1v) is 10.6. The largest absolute Gasteiger partial charge is 0.491 e. The molecule has 2 aromatic rings. The first kappa shape index (κ1) is 21.8. The van der Waals surface area contributed by atoms with Gasteiger partial charge in [-0.1, -0.05) is 18.2 Å². The predicted molar refractivity (Wildman–Crippen MR) is 122 cm³/mol. The van der Waals surface area contributed by atoms with Gasteiger partial charge in [0.15, 0.2) is 5.11 Å². The zero-order valence-corrected chi connectivity index (χ0v) is 18.1. The minimum Gasteiger partial charge on any atom is -0.491 e. The second-order valence-electron chi connectivity index (χ2n) is 7.50. The number of para-hydroxylation sites is 1. The van der Waals surface area contributed by atoms with E-state index in [4.69, 9.17) is 17.0 Å². The molecule has 0 spiro atoms. The molecular weight excluding hydrogens is 398 g/mol. The van der Waals surface area contributed by atoms with E-state index in [0.29, 0.717) is 22.6 Å². The highest BCUT2D eigenvalue weighted by Crippen LogP contribution is 2.20. The number of hydrogen-bond acceptors (Lipinski definition) is 4. The summed E-state index contributed by atoms with van der Waals surface area (Å²) >= 11 is 5.32. The highest BCUT2D eigenvalue weighted by Gasteiger charge is 2.21. The van der Waals surface area contributed by atoms with Crippen LogP contribution in [0.3, 0.4) is 0 Å². The Morgan fingerprint density at radius 2 is 1.77 bits per heavy atom. The van der Waals surface area contributed by atoms with Crippen LogP contribution in [0.15, 0.2) is 48.5 Å². The summed E-state index contributed by atoms with van der Waals surface area (Å²) in [4.78, 5) is 27.4. The molecular formula is C23H27N3O3S. The molecule has 6 nitrogen and oxygen atoms in total. The lowest BCUT2D eigenvalue weighted by molar-refractivity contribution is 0.0725. The number of benzene rings is 2. The van der Waals surface area contributed by atoms with Crippen molar-refractivity contribution in [3.63, 3.8) is 0 Å². The zero-order valence-electron chi connectivity index (χ0n) is 17.3. The molecule has 0 aromatic heterocycles. The van der Waals surface area contributed by atoms with Crippen LogP contribution in [0.2, 0.25) is 0 Å². The topological polar surface area (TPSA) is 70.7 Å². The second kappa shape index (κ2) is 10.2. The van der Waals surface area contributed by atoms with Crippen molar-refractivity contribution in [2.24, 2.45) is 0 Å². The predicted octanol–water partition coefficient (Wildman–Crippen LogP) is 4.23. The van der Waals surface area contributed by atoms with Crippen molar-refractivity contribution in [1.82, 2.24) is 10.2 Å². The molecule has 0 saturated carbocycles. The number of rotatable bonds is 5. The van der Waals surface area contributed by atoms with Gasteiger partial charge in [0.25, 0.3) is 11.8 Å². The molecule has 2 N–H and O–H groups in total. The number of nitrogens with one attached hydrogen (secondary N) is 2. The molecule has 0 aliphatic carbocycles. The summed E-state index contributed by atoms with van der Waals surface area (Å²) in [6, 6.07) is 14.1. The van der Waals surface area contributed by atoms with Gasteiger partial charge in [0.1, 0.15) is 5.75 Å². The molecule has 0 atom stereocenters. The summed E-state index contributed by atoms with van der Waals surface area (Å²) in [5.41, 5.74) is 1.56. The third kappa shape index (κ3) is 5.79. The van der Waals surface area contributed by atoms with E-state index in [1.807, 2.05) is 30.9 Å². The van der Waals surface area contributed by atoms with Crippen molar-refractivity contribution < 1.29 is 14.3 Å². The molecule has 2 aromatic carbocycles. The number of amides is 2. The average Bonchev–Trinajstić information content (AvgIpc) is 2.74. The van der Waals surface area contributed by atoms with Gasteiger partial charge >= 0.3 is 0 Å². The van der Waals surface area contributed by atoms with E-state index in [-0.39, 0.29) is 23.0 Å². The van der Waals surface area contributed by atoms with Crippen LogP contribution in [0.25, 0.3) is 0 Å². The van der Waals surface area contributed by atoms with Gasteiger partial charge in [-0.15, -0.1) is 0 Å². The van der Waals surface area contributed by atoms with Crippen LogP contribution in [-0.4, -0.2) is 41.0 Å². The van der Waals surface area contributed by atoms with E-state index in [9.17, 15) is 9.59 Å². The monoisotopic (exact) mass is 425 g/mol. The standard InChI is InChI=1S/C23H27N3O3S/c1-16(2)29-18-10-8-9-17(15-18)21(27)25-23(30)24-20-12-5-4-11-19(20)22(28)26-13-6-3-7-14-26/h4-5,8-12,15-16H,3,6-7,13-14H2,1-2H3,(H2,24,25,27,30). The molecule has 2 amide bonds. The number of hydrogen-bond donors (Lipinski definition) is 2. The Kier molecular flexibility index (Phi) is 7.41. The van der Waals surface area contributed by atoms with Gasteiger partial charge in [0, 0.05) is 18.7 Å². The molecule has 1 aliphatic rings. The van der Waals surface area contributed by atoms with E-state index >= 15 is 0 Å². The number of carbonyl (C=O) groups excluding carboxylic acids is 2. The van der Waals surface area contributed by atoms with Crippen molar-refractivity contribution >= 4 is 34.8 Å². The lowest BCUT2D eigenvalue weighted by atomic mass is 10.1. The van der Waals surface area contributed by atoms with Gasteiger partial charge in [0.05, 0.1) is 17.4 Å². The minimum atomic E-state index is -0.346. The normalized spacial score (nSPS) is 13.6. The molecule has 30 heavy (non-hydrogen) atoms. The summed E-state index contributed by atoms with van der Waals surface area (Å²) in [5, 5.41) is 5.80. The molecule has 0 unspecified atom stereocenters. The van der Waals surface area contributed by atoms with E-state index in [1.54, 1.807) is 36.4 Å². The molecule has 1 aliphatic heterocycles. The molecule has 1 heterocycles. The fourth-order valence-corrected chi connectivity index (χ4v) is 3.56. The van der Waals surface area contributed by atoms with Crippen LogP contribution in [0.4, 0.5) is 5.69 Å². The van der Waals surface area contributed by atoms with Crippen molar-refractivity contribution in [3.8, 4) is 5.75 Å². The Hall–Kier alpha value is -2.93. The molecule has 0 bridgehead atoms. The number of carbonyl (C=O) groups is 2. The van der Waals surface area contributed by atoms with Gasteiger partial charge in [-0.2, -0.15) is 0 Å². The Labute approximate surface area is 182 Å². The van der Waals surface area contributed by atoms with E-state index in [0.717, 1.165) is 32.4 Å². The number of likely N-dealkylation sites (tertiary alicyclic amines) is 1. The number of piperidine rings is 1. The third-order valence-corrected chi connectivity index (χ3v) is 4.95. The van der Waals surface area contributed by atoms with Gasteiger partial charge in [-0.05, 0) is 75.7 Å².